The summed E-state index contributed by atoms with van der Waals surface area (Å²) in [6.45, 7) is 1.97. The van der Waals surface area contributed by atoms with E-state index in [2.05, 4.69) is 20.0 Å². The third kappa shape index (κ3) is 4.59. The van der Waals surface area contributed by atoms with Gasteiger partial charge >= 0.3 is 0 Å². The number of hydrogen-bond acceptors (Lipinski definition) is 8. The molecule has 23 heavy (non-hydrogen) atoms. The van der Waals surface area contributed by atoms with Crippen molar-refractivity contribution in [3.8, 4) is 0 Å². The van der Waals surface area contributed by atoms with Crippen LogP contribution in [0.4, 0.5) is 5.13 Å². The zero-order chi connectivity index (χ0) is 17.0. The summed E-state index contributed by atoms with van der Waals surface area (Å²) in [7, 11) is -3.59. The molecular weight excluding hydrogens is 358 g/mol. The predicted molar refractivity (Wildman–Crippen MR) is 95.1 cm³/mol. The fourth-order valence-corrected chi connectivity index (χ4v) is 4.13. The summed E-state index contributed by atoms with van der Waals surface area (Å²) in [6, 6.07) is 0. The van der Waals surface area contributed by atoms with Crippen LogP contribution in [0.2, 0.25) is 0 Å². The van der Waals surface area contributed by atoms with Gasteiger partial charge in [0.05, 0.1) is 16.3 Å². The fourth-order valence-electron chi connectivity index (χ4n) is 1.64. The average molecular weight is 376 g/mol. The van der Waals surface area contributed by atoms with E-state index in [1.165, 1.54) is 18.3 Å². The summed E-state index contributed by atoms with van der Waals surface area (Å²) in [5.41, 5.74) is 12.0. The lowest BCUT2D eigenvalue weighted by Gasteiger charge is -2.05. The first-order chi connectivity index (χ1) is 10.8. The molecule has 0 aliphatic carbocycles. The van der Waals surface area contributed by atoms with Crippen LogP contribution in [0, 0.1) is 5.41 Å². The van der Waals surface area contributed by atoms with Crippen molar-refractivity contribution in [3.63, 3.8) is 0 Å². The number of thiazole rings is 1. The number of nitrogens with zero attached hydrogens (tertiary/aromatic N) is 2. The van der Waals surface area contributed by atoms with Crippen molar-refractivity contribution in [2.75, 3.05) is 17.6 Å². The Bertz CT molecular complexity index is 766. The molecule has 0 amide bonds. The number of amidine groups is 1. The quantitative estimate of drug-likeness (QED) is 0.268. The second kappa shape index (κ2) is 7.19. The van der Waals surface area contributed by atoms with Crippen LogP contribution >= 0.6 is 23.1 Å². The van der Waals surface area contributed by atoms with E-state index in [1.807, 2.05) is 5.38 Å². The van der Waals surface area contributed by atoms with Gasteiger partial charge in [0.25, 0.3) is 10.0 Å². The number of nitrogens with two attached hydrogens (primary N) is 2. The molecule has 0 radical (unpaired) electrons. The molecule has 0 saturated heterocycles. The molecule has 126 valence electrons. The van der Waals surface area contributed by atoms with Crippen molar-refractivity contribution in [2.24, 2.45) is 15.9 Å². The van der Waals surface area contributed by atoms with Crippen molar-refractivity contribution >= 4 is 50.0 Å². The van der Waals surface area contributed by atoms with E-state index in [-0.39, 0.29) is 22.4 Å². The smallest absolute Gasteiger partial charge is 0.282 e. The number of guanidine groups is 1. The number of aromatic nitrogens is 1. The van der Waals surface area contributed by atoms with Crippen LogP contribution in [0.15, 0.2) is 20.4 Å². The summed E-state index contributed by atoms with van der Waals surface area (Å²) >= 11 is 3.01. The van der Waals surface area contributed by atoms with E-state index in [9.17, 15) is 8.42 Å². The van der Waals surface area contributed by atoms with Gasteiger partial charge in [-0.2, -0.15) is 20.2 Å². The Morgan fingerprint density at radius 2 is 2.26 bits per heavy atom. The first-order valence-electron chi connectivity index (χ1n) is 6.48. The number of nitrogens with one attached hydrogen (secondary N) is 3. The Labute approximate surface area is 142 Å². The maximum atomic E-state index is 11.5. The maximum Gasteiger partial charge on any atom is 0.282 e. The fraction of sp³-hybridized carbons (Fsp3) is 0.364. The number of hydrogen-bond donors (Lipinski definition) is 5. The van der Waals surface area contributed by atoms with Crippen LogP contribution in [0.5, 0.6) is 0 Å². The Hall–Kier alpha value is -1.79. The molecule has 0 spiro atoms. The standard InChI is InChI=1S/C11H17N7O2S3/c1-6-8(12)9(18-23(6,19)20)15-2-3-21-4-7-5-22-11(16-7)17-10(13)14/h5H,2-4,12H2,1H3,(H,15,18)(H4,13,14,16,17). The highest BCUT2D eigenvalue weighted by molar-refractivity contribution is 7.98. The van der Waals surface area contributed by atoms with Crippen molar-refractivity contribution in [1.82, 2.24) is 10.3 Å². The number of rotatable bonds is 6. The van der Waals surface area contributed by atoms with Gasteiger partial charge in [0.1, 0.15) is 0 Å². The Kier molecular flexibility index (Phi) is 5.49. The summed E-state index contributed by atoms with van der Waals surface area (Å²) in [5.74, 6) is 1.51. The predicted octanol–water partition coefficient (Wildman–Crippen LogP) is 0.203. The van der Waals surface area contributed by atoms with E-state index >= 15 is 0 Å². The second-order valence-electron chi connectivity index (χ2n) is 4.55. The largest absolute Gasteiger partial charge is 0.395 e. The van der Waals surface area contributed by atoms with E-state index in [0.29, 0.717) is 17.4 Å². The molecular formula is C11H17N7O2S3. The van der Waals surface area contributed by atoms with E-state index in [4.69, 9.17) is 16.9 Å². The molecule has 7 N–H and O–H groups in total. The molecule has 0 atom stereocenters. The zero-order valence-corrected chi connectivity index (χ0v) is 14.7. The zero-order valence-electron chi connectivity index (χ0n) is 12.3. The molecule has 0 unspecified atom stereocenters. The third-order valence-corrected chi connectivity index (χ3v) is 6.03. The minimum absolute atomic E-state index is 0.0839. The van der Waals surface area contributed by atoms with Gasteiger partial charge in [-0.15, -0.1) is 15.7 Å². The molecule has 2 heterocycles. The molecule has 2 rings (SSSR count). The maximum absolute atomic E-state index is 11.5. The number of anilines is 1. The van der Waals surface area contributed by atoms with Crippen LogP contribution < -0.4 is 22.1 Å². The topological polar surface area (TPSA) is 159 Å². The average Bonchev–Trinajstić information content (AvgIpc) is 2.97. The Balaban J connectivity index is 1.73. The molecule has 1 aromatic heterocycles. The first kappa shape index (κ1) is 17.6. The van der Waals surface area contributed by atoms with Gasteiger partial charge in [-0.05, 0) is 6.92 Å². The molecule has 12 heteroatoms. The second-order valence-corrected chi connectivity index (χ2v) is 8.26. The molecule has 0 saturated carbocycles. The van der Waals surface area contributed by atoms with Crippen LogP contribution in [0.1, 0.15) is 12.6 Å². The summed E-state index contributed by atoms with van der Waals surface area (Å²) < 4.78 is 26.6. The van der Waals surface area contributed by atoms with Crippen LogP contribution in [-0.4, -0.2) is 37.5 Å². The Morgan fingerprint density at radius 1 is 1.52 bits per heavy atom. The number of allylic oxidation sites excluding steroid dienone is 1. The molecule has 0 aromatic carbocycles. The molecule has 0 fully saturated rings. The highest BCUT2D eigenvalue weighted by Gasteiger charge is 2.26. The van der Waals surface area contributed by atoms with E-state index < -0.39 is 10.0 Å². The van der Waals surface area contributed by atoms with Gasteiger partial charge < -0.3 is 22.1 Å². The van der Waals surface area contributed by atoms with Crippen LogP contribution in [0.3, 0.4) is 0 Å². The van der Waals surface area contributed by atoms with Crippen LogP contribution in [0.25, 0.3) is 0 Å². The lowest BCUT2D eigenvalue weighted by atomic mass is 10.4. The van der Waals surface area contributed by atoms with E-state index in [1.54, 1.807) is 11.8 Å². The van der Waals surface area contributed by atoms with Crippen molar-refractivity contribution in [3.05, 3.63) is 21.7 Å². The van der Waals surface area contributed by atoms with Gasteiger partial charge in [0.15, 0.2) is 16.9 Å². The van der Waals surface area contributed by atoms with E-state index in [0.717, 1.165) is 11.4 Å². The molecule has 1 aliphatic rings. The summed E-state index contributed by atoms with van der Waals surface area (Å²) in [5, 5.41) is 15.2. The Morgan fingerprint density at radius 3 is 2.87 bits per heavy atom. The first-order valence-corrected chi connectivity index (χ1v) is 9.96. The highest BCUT2D eigenvalue weighted by Crippen LogP contribution is 2.20. The summed E-state index contributed by atoms with van der Waals surface area (Å²) in [4.78, 5) is 4.37. The summed E-state index contributed by atoms with van der Waals surface area (Å²) in [6.07, 6.45) is 0. The highest BCUT2D eigenvalue weighted by atomic mass is 32.2. The van der Waals surface area contributed by atoms with Crippen molar-refractivity contribution < 1.29 is 8.42 Å². The lowest BCUT2D eigenvalue weighted by Crippen LogP contribution is -2.29. The van der Waals surface area contributed by atoms with Crippen molar-refractivity contribution in [1.29, 1.82) is 5.41 Å². The number of sulfonamides is 1. The van der Waals surface area contributed by atoms with Gasteiger partial charge in [-0.25, -0.2) is 4.98 Å². The third-order valence-electron chi connectivity index (χ3n) is 2.81. The van der Waals surface area contributed by atoms with Crippen LogP contribution in [-0.2, 0) is 15.8 Å². The monoisotopic (exact) mass is 375 g/mol. The molecule has 0 bridgehead atoms. The lowest BCUT2D eigenvalue weighted by molar-refractivity contribution is 0.604. The minimum Gasteiger partial charge on any atom is -0.395 e. The van der Waals surface area contributed by atoms with Crippen molar-refractivity contribution in [2.45, 2.75) is 12.7 Å². The normalized spacial score (nSPS) is 16.3. The molecule has 9 nitrogen and oxygen atoms in total. The van der Waals surface area contributed by atoms with Gasteiger partial charge in [0, 0.05) is 23.4 Å². The van der Waals surface area contributed by atoms with Gasteiger partial charge in [-0.3, -0.25) is 5.41 Å². The SMILES string of the molecule is CC1=C(N)C(NCCSCc2csc(NC(=N)N)n2)=NS1(=O)=O. The molecule has 1 aliphatic heterocycles. The van der Waals surface area contributed by atoms with Gasteiger partial charge in [0.2, 0.25) is 0 Å². The number of thioether (sulfide) groups is 1. The van der Waals surface area contributed by atoms with Gasteiger partial charge in [-0.1, -0.05) is 0 Å². The molecule has 1 aromatic rings. The minimum atomic E-state index is -3.59.